The molecule has 8 nitrogen and oxygen atoms in total. The van der Waals surface area contributed by atoms with E-state index < -0.39 is 11.1 Å². The molecular weight excluding hydrogens is 504 g/mol. The third-order valence-corrected chi connectivity index (χ3v) is 6.75. The van der Waals surface area contributed by atoms with Crippen LogP contribution in [0.15, 0.2) is 67.7 Å². The van der Waals surface area contributed by atoms with Crippen molar-refractivity contribution in [2.24, 2.45) is 10.8 Å². The van der Waals surface area contributed by atoms with Crippen LogP contribution in [-0.4, -0.2) is 19.1 Å². The molecule has 0 bridgehead atoms. The van der Waals surface area contributed by atoms with E-state index in [-0.39, 0.29) is 33.3 Å². The van der Waals surface area contributed by atoms with Gasteiger partial charge in [0, 0.05) is 11.1 Å². The third-order valence-electron chi connectivity index (χ3n) is 6.75. The minimum Gasteiger partial charge on any atom is -0.307 e. The maximum Gasteiger partial charge on any atom is 0.329 e. The molecule has 2 aromatic heterocycles. The summed E-state index contributed by atoms with van der Waals surface area (Å²) in [6, 6.07) is 14.2. The molecule has 0 unspecified atom stereocenters. The fraction of sp³-hybridized carbons (Fsp3) is 0.500. The summed E-state index contributed by atoms with van der Waals surface area (Å²) in [6.07, 6.45) is 1.47. The zero-order valence-electron chi connectivity index (χ0n) is 25.6. The van der Waals surface area contributed by atoms with Crippen LogP contribution in [0.25, 0.3) is 21.8 Å². The maximum atomic E-state index is 12.6. The van der Waals surface area contributed by atoms with Gasteiger partial charge in [-0.1, -0.05) is 65.8 Å². The van der Waals surface area contributed by atoms with Crippen molar-refractivity contribution < 1.29 is 0 Å². The summed E-state index contributed by atoms with van der Waals surface area (Å²) in [5.41, 5.74) is -0.971. The molecule has 216 valence electrons. The van der Waals surface area contributed by atoms with Crippen LogP contribution in [0.2, 0.25) is 0 Å². The Hall–Kier alpha value is -3.68. The smallest absolute Gasteiger partial charge is 0.307 e. The molecule has 0 aliphatic rings. The number of nitrogens with one attached hydrogen (secondary N) is 2. The van der Waals surface area contributed by atoms with Crippen LogP contribution in [0.5, 0.6) is 0 Å². The van der Waals surface area contributed by atoms with Crippen molar-refractivity contribution in [3.8, 4) is 0 Å². The van der Waals surface area contributed by atoms with Gasteiger partial charge in [-0.25, -0.2) is 9.59 Å². The van der Waals surface area contributed by atoms with E-state index >= 15 is 0 Å². The van der Waals surface area contributed by atoms with Crippen LogP contribution in [0.3, 0.4) is 0 Å². The largest absolute Gasteiger partial charge is 0.329 e. The molecule has 0 radical (unpaired) electrons. The lowest BCUT2D eigenvalue weighted by molar-refractivity contribution is 0.204. The second-order valence-electron chi connectivity index (χ2n) is 14.3. The molecule has 0 fully saturated rings. The Bertz CT molecular complexity index is 1620. The highest BCUT2D eigenvalue weighted by Crippen LogP contribution is 2.31. The van der Waals surface area contributed by atoms with Crippen molar-refractivity contribution in [2.45, 2.75) is 93.2 Å². The average Bonchev–Trinajstić information content (AvgIpc) is 2.76. The monoisotopic (exact) mass is 548 g/mol. The van der Waals surface area contributed by atoms with Gasteiger partial charge in [0.25, 0.3) is 11.1 Å². The lowest BCUT2D eigenvalue weighted by Gasteiger charge is -2.33. The number of benzene rings is 2. The summed E-state index contributed by atoms with van der Waals surface area (Å²) < 4.78 is 2.70. The molecule has 0 spiro atoms. The number of para-hydroxylation sites is 2. The van der Waals surface area contributed by atoms with Gasteiger partial charge in [-0.05, 0) is 75.6 Å². The standard InChI is InChI=1S/2C16H22N2O2/c2*1-15(2,3)10-16(4,5)18-13(19)11-8-6-7-9-12(11)17-14(18)20/h2*6-9H,10H2,1-5H3,(H,17,20). The van der Waals surface area contributed by atoms with Crippen molar-refractivity contribution >= 4 is 21.8 Å². The van der Waals surface area contributed by atoms with Crippen molar-refractivity contribution in [1.29, 1.82) is 0 Å². The molecule has 0 saturated carbocycles. The third kappa shape index (κ3) is 6.90. The van der Waals surface area contributed by atoms with Crippen molar-refractivity contribution in [2.75, 3.05) is 0 Å². The first-order valence-electron chi connectivity index (χ1n) is 13.7. The minimum absolute atomic E-state index is 0.0288. The Morgan fingerprint density at radius 1 is 0.525 bits per heavy atom. The van der Waals surface area contributed by atoms with Gasteiger partial charge in [-0.3, -0.25) is 18.7 Å². The second kappa shape index (κ2) is 10.7. The summed E-state index contributed by atoms with van der Waals surface area (Å²) in [4.78, 5) is 55.4. The average molecular weight is 549 g/mol. The lowest BCUT2D eigenvalue weighted by Crippen LogP contribution is -2.47. The highest BCUT2D eigenvalue weighted by atomic mass is 16.2. The number of rotatable bonds is 4. The van der Waals surface area contributed by atoms with Gasteiger partial charge in [-0.2, -0.15) is 0 Å². The van der Waals surface area contributed by atoms with Gasteiger partial charge in [-0.15, -0.1) is 0 Å². The first-order valence-corrected chi connectivity index (χ1v) is 13.7. The van der Waals surface area contributed by atoms with Gasteiger partial charge < -0.3 is 9.97 Å². The number of fused-ring (bicyclic) bond motifs is 2. The van der Waals surface area contributed by atoms with Crippen LogP contribution in [0.4, 0.5) is 0 Å². The molecule has 0 atom stereocenters. The van der Waals surface area contributed by atoms with Crippen molar-refractivity contribution in [3.05, 3.63) is 90.2 Å². The van der Waals surface area contributed by atoms with E-state index in [1.807, 2.05) is 52.0 Å². The summed E-state index contributed by atoms with van der Waals surface area (Å²) in [5, 5.41) is 1.10. The molecule has 4 aromatic rings. The molecule has 0 aliphatic carbocycles. The SMILES string of the molecule is CC(C)(C)CC(C)(C)n1c(=O)[nH]c2ccccc2c1=O.CC(C)(C)CC(C)(C)n1c(=O)[nH]c2ccccc2c1=O. The maximum absolute atomic E-state index is 12.6. The molecule has 40 heavy (non-hydrogen) atoms. The van der Waals surface area contributed by atoms with Gasteiger partial charge in [0.15, 0.2) is 0 Å². The predicted molar refractivity (Wildman–Crippen MR) is 164 cm³/mol. The van der Waals surface area contributed by atoms with Crippen LogP contribution >= 0.6 is 0 Å². The Morgan fingerprint density at radius 3 is 1.12 bits per heavy atom. The lowest BCUT2D eigenvalue weighted by atomic mass is 9.81. The highest BCUT2D eigenvalue weighted by Gasteiger charge is 2.31. The van der Waals surface area contributed by atoms with E-state index in [4.69, 9.17) is 0 Å². The van der Waals surface area contributed by atoms with Gasteiger partial charge >= 0.3 is 11.4 Å². The molecular formula is C32H44N4O4. The molecule has 0 saturated heterocycles. The van der Waals surface area contributed by atoms with Crippen LogP contribution in [-0.2, 0) is 11.1 Å². The van der Waals surface area contributed by atoms with E-state index in [1.54, 1.807) is 24.3 Å². The van der Waals surface area contributed by atoms with E-state index in [1.165, 1.54) is 9.13 Å². The minimum atomic E-state index is -0.535. The Labute approximate surface area is 235 Å². The Balaban J connectivity index is 0.000000220. The zero-order valence-corrected chi connectivity index (χ0v) is 25.6. The summed E-state index contributed by atoms with van der Waals surface area (Å²) in [5.74, 6) is 0. The molecule has 2 N–H and O–H groups in total. The number of hydrogen-bond acceptors (Lipinski definition) is 4. The number of aromatic nitrogens is 4. The second-order valence-corrected chi connectivity index (χ2v) is 14.3. The van der Waals surface area contributed by atoms with Crippen LogP contribution in [0, 0.1) is 10.8 Å². The molecule has 0 aliphatic heterocycles. The number of aromatic amines is 2. The predicted octanol–water partition coefficient (Wildman–Crippen LogP) is 5.72. The van der Waals surface area contributed by atoms with Gasteiger partial charge in [0.2, 0.25) is 0 Å². The molecule has 8 heteroatoms. The summed E-state index contributed by atoms with van der Waals surface area (Å²) in [7, 11) is 0. The fourth-order valence-corrected chi connectivity index (χ4v) is 6.18. The first-order chi connectivity index (χ1) is 18.2. The molecule has 4 rings (SSSR count). The topological polar surface area (TPSA) is 110 Å². The van der Waals surface area contributed by atoms with Gasteiger partial charge in [0.05, 0.1) is 21.8 Å². The number of hydrogen-bond donors (Lipinski definition) is 2. The highest BCUT2D eigenvalue weighted by molar-refractivity contribution is 5.77. The van der Waals surface area contributed by atoms with Gasteiger partial charge in [0.1, 0.15) is 0 Å². The van der Waals surface area contributed by atoms with E-state index in [2.05, 4.69) is 51.5 Å². The normalized spacial score (nSPS) is 12.8. The zero-order chi connectivity index (χ0) is 30.3. The van der Waals surface area contributed by atoms with E-state index in [0.29, 0.717) is 21.8 Å². The molecule has 2 aromatic carbocycles. The summed E-state index contributed by atoms with van der Waals surface area (Å²) in [6.45, 7) is 20.4. The van der Waals surface area contributed by atoms with Crippen molar-refractivity contribution in [3.63, 3.8) is 0 Å². The Morgan fingerprint density at radius 2 is 0.825 bits per heavy atom. The quantitative estimate of drug-likeness (QED) is 0.340. The molecule has 2 heterocycles. The van der Waals surface area contributed by atoms with Crippen LogP contribution < -0.4 is 22.5 Å². The fourth-order valence-electron chi connectivity index (χ4n) is 6.18. The van der Waals surface area contributed by atoms with E-state index in [9.17, 15) is 19.2 Å². The van der Waals surface area contributed by atoms with Crippen LogP contribution in [0.1, 0.15) is 82.1 Å². The van der Waals surface area contributed by atoms with E-state index in [0.717, 1.165) is 12.8 Å². The molecule has 0 amide bonds. The van der Waals surface area contributed by atoms with Crippen molar-refractivity contribution in [1.82, 2.24) is 19.1 Å². The summed E-state index contributed by atoms with van der Waals surface area (Å²) >= 11 is 0. The Kier molecular flexibility index (Phi) is 8.26. The number of H-pyrrole nitrogens is 2. The first kappa shape index (κ1) is 30.9. The number of nitrogens with zero attached hydrogens (tertiary/aromatic N) is 2.